The Hall–Kier alpha value is -4.02. The predicted molar refractivity (Wildman–Crippen MR) is 138 cm³/mol. The maximum absolute atomic E-state index is 13.6. The van der Waals surface area contributed by atoms with Crippen molar-refractivity contribution in [2.24, 2.45) is 5.92 Å². The number of halogens is 3. The molecule has 1 atom stereocenters. The molecule has 40 heavy (non-hydrogen) atoms. The minimum atomic E-state index is -4.42. The molecule has 3 N–H and O–H groups in total. The fraction of sp³-hybridized carbons (Fsp3) is 0.414. The normalized spacial score (nSPS) is 19.7. The van der Waals surface area contributed by atoms with Gasteiger partial charge in [-0.3, -0.25) is 14.3 Å². The fourth-order valence-corrected chi connectivity index (χ4v) is 5.83. The number of aryl methyl sites for hydroxylation is 2. The summed E-state index contributed by atoms with van der Waals surface area (Å²) in [5.41, 5.74) is 3.03. The molecular formula is C29H29F3N4O4. The zero-order valence-corrected chi connectivity index (χ0v) is 21.7. The molecule has 3 aromatic rings. The highest BCUT2D eigenvalue weighted by molar-refractivity contribution is 5.99. The number of carbonyl (C=O) groups is 2. The second-order valence-electron chi connectivity index (χ2n) is 10.9. The summed E-state index contributed by atoms with van der Waals surface area (Å²) in [7, 11) is 0. The third-order valence-corrected chi connectivity index (χ3v) is 7.97. The number of amides is 2. The number of phenolic OH excluding ortho intramolecular Hbond substituents is 1. The van der Waals surface area contributed by atoms with Crippen molar-refractivity contribution in [3.05, 3.63) is 76.1 Å². The number of aromatic nitrogens is 2. The van der Waals surface area contributed by atoms with Crippen LogP contribution in [0, 0.1) is 5.92 Å². The number of nitrogens with zero attached hydrogens (tertiary/aromatic N) is 2. The molecule has 2 aromatic carbocycles. The van der Waals surface area contributed by atoms with Crippen molar-refractivity contribution in [3.8, 4) is 11.5 Å². The number of rotatable bonds is 8. The monoisotopic (exact) mass is 554 g/mol. The number of fused-ring (bicyclic) bond motifs is 3. The van der Waals surface area contributed by atoms with Crippen LogP contribution in [0.4, 0.5) is 13.2 Å². The van der Waals surface area contributed by atoms with Crippen LogP contribution >= 0.6 is 0 Å². The lowest BCUT2D eigenvalue weighted by Gasteiger charge is -2.35. The molecule has 0 saturated heterocycles. The Morgan fingerprint density at radius 3 is 2.80 bits per heavy atom. The van der Waals surface area contributed by atoms with E-state index in [1.807, 2.05) is 4.68 Å². The van der Waals surface area contributed by atoms with E-state index in [1.54, 1.807) is 24.3 Å². The standard InChI is InChI=1S/C29H29F3N4O4/c30-29(31,32)16-40-21-6-7-22-18(13-21)8-10-28(22)14-23-25(27(39)34-28)24(36(35-23)11-9-17-4-5-17)15-33-26(38)19-2-1-3-20(37)12-19/h1-3,6-7,12-13,17,37H,4-5,8-11,14-16H2,(H,33,38)(H,34,39)/t28-/m0/s1. The number of aromatic hydroxyl groups is 1. The molecule has 6 rings (SSSR count). The number of carbonyl (C=O) groups excluding carboxylic acids is 2. The van der Waals surface area contributed by atoms with Gasteiger partial charge in [0.15, 0.2) is 6.61 Å². The molecule has 3 aliphatic rings. The average molecular weight is 555 g/mol. The van der Waals surface area contributed by atoms with Crippen molar-refractivity contribution >= 4 is 11.8 Å². The molecule has 1 aliphatic heterocycles. The number of hydrogen-bond acceptors (Lipinski definition) is 5. The topological polar surface area (TPSA) is 105 Å². The Morgan fingerprint density at radius 2 is 2.05 bits per heavy atom. The fourth-order valence-electron chi connectivity index (χ4n) is 5.83. The minimum Gasteiger partial charge on any atom is -0.508 e. The molecule has 0 radical (unpaired) electrons. The summed E-state index contributed by atoms with van der Waals surface area (Å²) in [4.78, 5) is 26.4. The summed E-state index contributed by atoms with van der Waals surface area (Å²) in [5.74, 6) is 0.114. The number of benzene rings is 2. The van der Waals surface area contributed by atoms with Crippen LogP contribution in [0.25, 0.3) is 0 Å². The van der Waals surface area contributed by atoms with E-state index in [2.05, 4.69) is 10.6 Å². The van der Waals surface area contributed by atoms with E-state index in [-0.39, 0.29) is 29.9 Å². The van der Waals surface area contributed by atoms with E-state index in [0.29, 0.717) is 54.2 Å². The van der Waals surface area contributed by atoms with Crippen LogP contribution in [0.2, 0.25) is 0 Å². The summed E-state index contributed by atoms with van der Waals surface area (Å²) in [5, 5.41) is 20.6. The van der Waals surface area contributed by atoms with Crippen molar-refractivity contribution in [2.75, 3.05) is 6.61 Å². The third kappa shape index (κ3) is 5.24. The summed E-state index contributed by atoms with van der Waals surface area (Å²) in [6.45, 7) is -0.635. The largest absolute Gasteiger partial charge is 0.508 e. The molecule has 1 aromatic heterocycles. The van der Waals surface area contributed by atoms with Crippen LogP contribution in [-0.2, 0) is 31.5 Å². The Balaban J connectivity index is 1.26. The first-order valence-electron chi connectivity index (χ1n) is 13.4. The lowest BCUT2D eigenvalue weighted by atomic mass is 9.82. The number of hydrogen-bond donors (Lipinski definition) is 3. The van der Waals surface area contributed by atoms with Crippen LogP contribution in [0.3, 0.4) is 0 Å². The smallest absolute Gasteiger partial charge is 0.422 e. The van der Waals surface area contributed by atoms with Gasteiger partial charge in [-0.05, 0) is 66.6 Å². The van der Waals surface area contributed by atoms with Crippen molar-refractivity contribution in [3.63, 3.8) is 0 Å². The van der Waals surface area contributed by atoms with E-state index >= 15 is 0 Å². The van der Waals surface area contributed by atoms with Gasteiger partial charge in [-0.15, -0.1) is 0 Å². The summed E-state index contributed by atoms with van der Waals surface area (Å²) < 4.78 is 44.6. The van der Waals surface area contributed by atoms with Crippen LogP contribution in [0.1, 0.15) is 68.9 Å². The highest BCUT2D eigenvalue weighted by atomic mass is 19.4. The second-order valence-corrected chi connectivity index (χ2v) is 10.9. The molecule has 210 valence electrons. The molecule has 1 spiro atoms. The van der Waals surface area contributed by atoms with Gasteiger partial charge < -0.3 is 20.5 Å². The van der Waals surface area contributed by atoms with Gasteiger partial charge in [-0.25, -0.2) is 0 Å². The molecule has 11 heteroatoms. The molecule has 0 bridgehead atoms. The first-order chi connectivity index (χ1) is 19.1. The highest BCUT2D eigenvalue weighted by Crippen LogP contribution is 2.44. The van der Waals surface area contributed by atoms with Gasteiger partial charge in [0, 0.05) is 18.5 Å². The van der Waals surface area contributed by atoms with Crippen molar-refractivity contribution in [2.45, 2.75) is 63.3 Å². The van der Waals surface area contributed by atoms with Crippen LogP contribution in [0.15, 0.2) is 42.5 Å². The predicted octanol–water partition coefficient (Wildman–Crippen LogP) is 4.39. The summed E-state index contributed by atoms with van der Waals surface area (Å²) in [6.07, 6.45) is 0.488. The highest BCUT2D eigenvalue weighted by Gasteiger charge is 2.46. The van der Waals surface area contributed by atoms with Crippen molar-refractivity contribution in [1.82, 2.24) is 20.4 Å². The van der Waals surface area contributed by atoms with E-state index in [4.69, 9.17) is 9.84 Å². The molecule has 1 fully saturated rings. The molecule has 8 nitrogen and oxygen atoms in total. The van der Waals surface area contributed by atoms with E-state index in [1.165, 1.54) is 31.0 Å². The number of phenols is 1. The average Bonchev–Trinajstić information content (AvgIpc) is 3.59. The zero-order valence-electron chi connectivity index (χ0n) is 21.7. The Bertz CT molecular complexity index is 1480. The third-order valence-electron chi connectivity index (χ3n) is 7.97. The minimum absolute atomic E-state index is 0.0138. The number of nitrogens with one attached hydrogen (secondary N) is 2. The molecule has 2 heterocycles. The van der Waals surface area contributed by atoms with Gasteiger partial charge in [-0.1, -0.05) is 25.0 Å². The SMILES string of the molecule is O=C(NCc1c2c(nn1CCC1CC1)C[C@]1(CCc3cc(OCC(F)(F)F)ccc31)NC2=O)c1cccc(O)c1. The van der Waals surface area contributed by atoms with E-state index in [9.17, 15) is 27.9 Å². The van der Waals surface area contributed by atoms with Gasteiger partial charge >= 0.3 is 6.18 Å². The Morgan fingerprint density at radius 1 is 1.23 bits per heavy atom. The van der Waals surface area contributed by atoms with Crippen molar-refractivity contribution in [1.29, 1.82) is 0 Å². The first kappa shape index (κ1) is 26.2. The van der Waals surface area contributed by atoms with E-state index < -0.39 is 18.3 Å². The van der Waals surface area contributed by atoms with E-state index in [0.717, 1.165) is 17.5 Å². The summed E-state index contributed by atoms with van der Waals surface area (Å²) in [6, 6.07) is 10.9. The van der Waals surface area contributed by atoms with Crippen LogP contribution in [0.5, 0.6) is 11.5 Å². The lowest BCUT2D eigenvalue weighted by molar-refractivity contribution is -0.153. The van der Waals surface area contributed by atoms with Gasteiger partial charge in [0.2, 0.25) is 0 Å². The van der Waals surface area contributed by atoms with Gasteiger partial charge in [-0.2, -0.15) is 18.3 Å². The summed E-state index contributed by atoms with van der Waals surface area (Å²) >= 11 is 0. The van der Waals surface area contributed by atoms with Gasteiger partial charge in [0.25, 0.3) is 11.8 Å². The zero-order chi connectivity index (χ0) is 28.1. The first-order valence-corrected chi connectivity index (χ1v) is 13.4. The maximum Gasteiger partial charge on any atom is 0.422 e. The van der Waals surface area contributed by atoms with Crippen LogP contribution < -0.4 is 15.4 Å². The van der Waals surface area contributed by atoms with Crippen molar-refractivity contribution < 1.29 is 32.6 Å². The molecule has 2 aliphatic carbocycles. The number of alkyl halides is 3. The lowest BCUT2D eigenvalue weighted by Crippen LogP contribution is -2.50. The maximum atomic E-state index is 13.6. The Kier molecular flexibility index (Phi) is 6.47. The van der Waals surface area contributed by atoms with Gasteiger partial charge in [0.05, 0.1) is 29.0 Å². The Labute approximate surface area is 228 Å². The molecular weight excluding hydrogens is 525 g/mol. The quantitative estimate of drug-likeness (QED) is 0.383. The van der Waals surface area contributed by atoms with Crippen LogP contribution in [-0.4, -0.2) is 39.5 Å². The number of ether oxygens (including phenoxy) is 1. The van der Waals surface area contributed by atoms with Gasteiger partial charge in [0.1, 0.15) is 11.5 Å². The molecule has 0 unspecified atom stereocenters. The molecule has 2 amide bonds. The second kappa shape index (κ2) is 9.87. The molecule has 1 saturated carbocycles.